The zero-order valence-corrected chi connectivity index (χ0v) is 15.9. The van der Waals surface area contributed by atoms with Gasteiger partial charge in [-0.15, -0.1) is 0 Å². The summed E-state index contributed by atoms with van der Waals surface area (Å²) in [6.07, 6.45) is 3.40. The number of fused-ring (bicyclic) bond motifs is 1. The van der Waals surface area contributed by atoms with Crippen molar-refractivity contribution >= 4 is 23.4 Å². The van der Waals surface area contributed by atoms with E-state index in [1.54, 1.807) is 7.11 Å². The third kappa shape index (κ3) is 3.05. The van der Waals surface area contributed by atoms with Gasteiger partial charge < -0.3 is 4.74 Å². The van der Waals surface area contributed by atoms with Gasteiger partial charge in [-0.3, -0.25) is 0 Å². The Hall–Kier alpha value is -1.91. The van der Waals surface area contributed by atoms with Crippen molar-refractivity contribution in [2.24, 2.45) is 0 Å². The van der Waals surface area contributed by atoms with E-state index in [9.17, 15) is 0 Å². The molecule has 25 heavy (non-hydrogen) atoms. The molecule has 2 aromatic carbocycles. The summed E-state index contributed by atoms with van der Waals surface area (Å²) >= 11 is 8.26. The van der Waals surface area contributed by atoms with Gasteiger partial charge in [0.15, 0.2) is 5.69 Å². The number of methoxy groups -OCH3 is 1. The molecule has 0 saturated carbocycles. The van der Waals surface area contributed by atoms with Crippen molar-refractivity contribution in [3.8, 4) is 22.7 Å². The van der Waals surface area contributed by atoms with E-state index in [-0.39, 0.29) is 0 Å². The molecule has 0 bridgehead atoms. The lowest BCUT2D eigenvalue weighted by atomic mass is 10.1. The van der Waals surface area contributed by atoms with Crippen LogP contribution < -0.4 is 9.30 Å². The third-order valence-corrected chi connectivity index (χ3v) is 6.13. The molecule has 5 heteroatoms. The van der Waals surface area contributed by atoms with Crippen LogP contribution in [0.2, 0.25) is 5.02 Å². The summed E-state index contributed by atoms with van der Waals surface area (Å²) in [5, 5.41) is 2.06. The molecule has 1 aliphatic rings. The maximum absolute atomic E-state index is 6.36. The minimum atomic E-state index is 0.803. The number of hydrogen-bond acceptors (Lipinski definition) is 2. The third-order valence-electron chi connectivity index (χ3n) is 4.56. The van der Waals surface area contributed by atoms with Crippen molar-refractivity contribution in [3.05, 3.63) is 59.2 Å². The fourth-order valence-electron chi connectivity index (χ4n) is 3.14. The van der Waals surface area contributed by atoms with Gasteiger partial charge in [-0.1, -0.05) is 17.7 Å². The fraction of sp³-hybridized carbons (Fsp3) is 0.250. The zero-order chi connectivity index (χ0) is 17.4. The highest BCUT2D eigenvalue weighted by molar-refractivity contribution is 7.99. The Kier molecular flexibility index (Phi) is 4.48. The summed E-state index contributed by atoms with van der Waals surface area (Å²) in [6.45, 7) is 3.07. The van der Waals surface area contributed by atoms with Gasteiger partial charge in [0.25, 0.3) is 0 Å². The molecular formula is C20H20ClN2OS+. The van der Waals surface area contributed by atoms with Crippen molar-refractivity contribution in [2.75, 3.05) is 12.9 Å². The van der Waals surface area contributed by atoms with Gasteiger partial charge in [-0.25, -0.2) is 4.57 Å². The van der Waals surface area contributed by atoms with Crippen LogP contribution in [0.1, 0.15) is 12.0 Å². The highest BCUT2D eigenvalue weighted by Crippen LogP contribution is 2.31. The van der Waals surface area contributed by atoms with E-state index in [0.717, 1.165) is 34.3 Å². The van der Waals surface area contributed by atoms with Crippen molar-refractivity contribution < 1.29 is 9.30 Å². The molecule has 0 unspecified atom stereocenters. The smallest absolute Gasteiger partial charge is 0.323 e. The van der Waals surface area contributed by atoms with Crippen LogP contribution in [0, 0.1) is 6.92 Å². The Morgan fingerprint density at radius 2 is 1.96 bits per heavy atom. The predicted octanol–water partition coefficient (Wildman–Crippen LogP) is 4.90. The first-order chi connectivity index (χ1) is 12.2. The number of aromatic nitrogens is 2. The second kappa shape index (κ2) is 6.77. The minimum absolute atomic E-state index is 0.803. The molecule has 4 rings (SSSR count). The molecule has 3 aromatic rings. The van der Waals surface area contributed by atoms with E-state index in [4.69, 9.17) is 16.3 Å². The molecule has 0 saturated heterocycles. The molecule has 2 heterocycles. The number of ether oxygens (including phenoxy) is 1. The second-order valence-electron chi connectivity index (χ2n) is 6.18. The van der Waals surface area contributed by atoms with Gasteiger partial charge in [0.1, 0.15) is 17.6 Å². The summed E-state index contributed by atoms with van der Waals surface area (Å²) in [6, 6.07) is 14.5. The lowest BCUT2D eigenvalue weighted by Crippen LogP contribution is -2.40. The Bertz CT molecular complexity index is 918. The van der Waals surface area contributed by atoms with Crippen LogP contribution in [-0.4, -0.2) is 17.4 Å². The van der Waals surface area contributed by atoms with E-state index in [1.807, 2.05) is 36.9 Å². The zero-order valence-electron chi connectivity index (χ0n) is 14.3. The number of hydrogen-bond donors (Lipinski definition) is 0. The van der Waals surface area contributed by atoms with Gasteiger partial charge >= 0.3 is 5.16 Å². The van der Waals surface area contributed by atoms with E-state index in [2.05, 4.69) is 39.6 Å². The molecule has 0 aliphatic carbocycles. The van der Waals surface area contributed by atoms with E-state index < -0.39 is 0 Å². The molecule has 0 radical (unpaired) electrons. The van der Waals surface area contributed by atoms with Crippen LogP contribution in [0.3, 0.4) is 0 Å². The first kappa shape index (κ1) is 16.6. The summed E-state index contributed by atoms with van der Waals surface area (Å²) in [4.78, 5) is 0. The largest absolute Gasteiger partial charge is 0.497 e. The molecule has 0 N–H and O–H groups in total. The molecule has 3 nitrogen and oxygen atoms in total. The normalized spacial score (nSPS) is 13.6. The highest BCUT2D eigenvalue weighted by atomic mass is 35.5. The lowest BCUT2D eigenvalue weighted by Gasteiger charge is -2.11. The molecule has 0 atom stereocenters. The van der Waals surface area contributed by atoms with Gasteiger partial charge in [0, 0.05) is 22.4 Å². The van der Waals surface area contributed by atoms with Crippen molar-refractivity contribution in [1.82, 2.24) is 4.57 Å². The fourth-order valence-corrected chi connectivity index (χ4v) is 4.41. The summed E-state index contributed by atoms with van der Waals surface area (Å²) in [5.41, 5.74) is 4.62. The van der Waals surface area contributed by atoms with Crippen LogP contribution in [0.4, 0.5) is 0 Å². The van der Waals surface area contributed by atoms with E-state index in [0.29, 0.717) is 0 Å². The van der Waals surface area contributed by atoms with Crippen molar-refractivity contribution in [1.29, 1.82) is 0 Å². The highest BCUT2D eigenvalue weighted by Gasteiger charge is 2.28. The van der Waals surface area contributed by atoms with E-state index in [1.165, 1.54) is 22.8 Å². The van der Waals surface area contributed by atoms with Gasteiger partial charge in [-0.2, -0.15) is 4.57 Å². The molecule has 1 aliphatic heterocycles. The number of benzene rings is 2. The number of rotatable bonds is 3. The Morgan fingerprint density at radius 1 is 1.16 bits per heavy atom. The van der Waals surface area contributed by atoms with Crippen LogP contribution in [-0.2, 0) is 6.54 Å². The number of halogens is 1. The number of imidazole rings is 1. The quantitative estimate of drug-likeness (QED) is 0.609. The van der Waals surface area contributed by atoms with Crippen molar-refractivity contribution in [3.63, 3.8) is 0 Å². The van der Waals surface area contributed by atoms with Gasteiger partial charge in [0.05, 0.1) is 13.7 Å². The van der Waals surface area contributed by atoms with Crippen LogP contribution in [0.5, 0.6) is 5.75 Å². The van der Waals surface area contributed by atoms with Gasteiger partial charge in [-0.05, 0) is 61.0 Å². The summed E-state index contributed by atoms with van der Waals surface area (Å²) < 4.78 is 9.95. The second-order valence-corrected chi connectivity index (χ2v) is 7.65. The maximum Gasteiger partial charge on any atom is 0.323 e. The summed E-state index contributed by atoms with van der Waals surface area (Å²) in [5.74, 6) is 2.02. The van der Waals surface area contributed by atoms with Crippen LogP contribution in [0.25, 0.3) is 16.9 Å². The topological polar surface area (TPSA) is 18.0 Å². The standard InChI is InChI=1S/C20H20ClN2OS/c1-14-4-7-16(12-18(14)21)23-13-19(22-10-3-11-25-20(22)23)15-5-8-17(24-2)9-6-15/h4-9,12-13H,3,10-11H2,1-2H3/q+1. The lowest BCUT2D eigenvalue weighted by molar-refractivity contribution is -0.724. The average Bonchev–Trinajstić information content (AvgIpc) is 3.04. The van der Waals surface area contributed by atoms with E-state index >= 15 is 0 Å². The Labute approximate surface area is 157 Å². The molecule has 128 valence electrons. The Morgan fingerprint density at radius 3 is 2.68 bits per heavy atom. The van der Waals surface area contributed by atoms with Gasteiger partial charge in [0.2, 0.25) is 0 Å². The molecule has 0 amide bonds. The number of nitrogens with zero attached hydrogens (tertiary/aromatic N) is 2. The molecule has 1 aromatic heterocycles. The summed E-state index contributed by atoms with van der Waals surface area (Å²) in [7, 11) is 1.69. The minimum Gasteiger partial charge on any atom is -0.497 e. The maximum atomic E-state index is 6.36. The first-order valence-corrected chi connectivity index (χ1v) is 9.72. The first-order valence-electron chi connectivity index (χ1n) is 8.36. The van der Waals surface area contributed by atoms with Crippen LogP contribution in [0.15, 0.2) is 53.8 Å². The van der Waals surface area contributed by atoms with Crippen LogP contribution >= 0.6 is 23.4 Å². The molecule has 0 fully saturated rings. The molecular weight excluding hydrogens is 352 g/mol. The predicted molar refractivity (Wildman–Crippen MR) is 103 cm³/mol. The number of thioether (sulfide) groups is 1. The molecule has 0 spiro atoms. The Balaban J connectivity index is 1.85. The monoisotopic (exact) mass is 371 g/mol. The number of aryl methyl sites for hydroxylation is 1. The van der Waals surface area contributed by atoms with Crippen molar-refractivity contribution in [2.45, 2.75) is 25.0 Å². The average molecular weight is 372 g/mol. The SMILES string of the molecule is COc1ccc(-c2cn(-c3ccc(C)c(Cl)c3)c3[n+]2CCCS3)cc1.